The monoisotopic (exact) mass is 422 g/mol. The quantitative estimate of drug-likeness (QED) is 0.697. The van der Waals surface area contributed by atoms with Crippen LogP contribution in [0.4, 0.5) is 5.00 Å². The topological polar surface area (TPSA) is 80.2 Å². The lowest BCUT2D eigenvalue weighted by molar-refractivity contribution is -0.917. The van der Waals surface area contributed by atoms with Crippen molar-refractivity contribution in [3.8, 4) is 0 Å². The number of carbonyl (C=O) groups is 3. The van der Waals surface area contributed by atoms with Crippen LogP contribution in [-0.2, 0) is 27.2 Å². The van der Waals surface area contributed by atoms with Crippen molar-refractivity contribution >= 4 is 34.1 Å². The van der Waals surface area contributed by atoms with E-state index in [9.17, 15) is 14.4 Å². The maximum atomic E-state index is 13.0. The van der Waals surface area contributed by atoms with Crippen LogP contribution in [0.2, 0.25) is 0 Å². The zero-order chi connectivity index (χ0) is 21.1. The highest BCUT2D eigenvalue weighted by molar-refractivity contribution is 7.17. The Bertz CT molecular complexity index is 783. The molecule has 2 atom stereocenters. The molecule has 0 spiro atoms. The number of hydrogen-bond acceptors (Lipinski definition) is 5. The molecule has 2 amide bonds. The zero-order valence-corrected chi connectivity index (χ0v) is 18.6. The smallest absolute Gasteiger partial charge is 0.341 e. The van der Waals surface area contributed by atoms with Crippen molar-refractivity contribution < 1.29 is 24.0 Å². The molecule has 2 N–H and O–H groups in total. The summed E-state index contributed by atoms with van der Waals surface area (Å²) in [5.74, 6) is 0.234. The lowest BCUT2D eigenvalue weighted by Crippen LogP contribution is -3.19. The van der Waals surface area contributed by atoms with Gasteiger partial charge in [-0.25, -0.2) is 4.79 Å². The van der Waals surface area contributed by atoms with Gasteiger partial charge in [-0.2, -0.15) is 0 Å². The highest BCUT2D eigenvalue weighted by atomic mass is 32.1. The highest BCUT2D eigenvalue weighted by Crippen LogP contribution is 2.40. The molecule has 1 aliphatic carbocycles. The van der Waals surface area contributed by atoms with Crippen molar-refractivity contribution in [2.24, 2.45) is 5.92 Å². The molecule has 8 heteroatoms. The molecule has 1 aliphatic heterocycles. The van der Waals surface area contributed by atoms with Crippen molar-refractivity contribution in [1.29, 1.82) is 0 Å². The van der Waals surface area contributed by atoms with Crippen molar-refractivity contribution in [3.63, 3.8) is 0 Å². The summed E-state index contributed by atoms with van der Waals surface area (Å²) in [5.41, 5.74) is 1.60. The van der Waals surface area contributed by atoms with Gasteiger partial charge in [0.15, 0.2) is 6.04 Å². The van der Waals surface area contributed by atoms with E-state index in [4.69, 9.17) is 4.74 Å². The second kappa shape index (κ2) is 9.26. The third-order valence-electron chi connectivity index (χ3n) is 6.08. The first-order valence-corrected chi connectivity index (χ1v) is 11.4. The Morgan fingerprint density at radius 2 is 2.00 bits per heavy atom. The van der Waals surface area contributed by atoms with Crippen molar-refractivity contribution in [1.82, 2.24) is 4.90 Å². The molecule has 0 radical (unpaired) electrons. The van der Waals surface area contributed by atoms with Crippen molar-refractivity contribution in [2.45, 2.75) is 53.0 Å². The molecule has 2 aliphatic rings. The number of anilines is 1. The fourth-order valence-electron chi connectivity index (χ4n) is 4.21. The molecule has 3 rings (SSSR count). The van der Waals surface area contributed by atoms with E-state index >= 15 is 0 Å². The summed E-state index contributed by atoms with van der Waals surface area (Å²) in [6.45, 7) is 10.7. The van der Waals surface area contributed by atoms with E-state index in [1.807, 2.05) is 11.8 Å². The number of hydrogen-bond donors (Lipinski definition) is 2. The van der Waals surface area contributed by atoms with Crippen LogP contribution in [-0.4, -0.2) is 61.5 Å². The first-order chi connectivity index (χ1) is 13.8. The summed E-state index contributed by atoms with van der Waals surface area (Å²) in [4.78, 5) is 41.3. The minimum Gasteiger partial charge on any atom is -0.462 e. The fraction of sp³-hybridized carbons (Fsp3) is 0.667. The van der Waals surface area contributed by atoms with E-state index in [2.05, 4.69) is 12.2 Å². The van der Waals surface area contributed by atoms with Crippen LogP contribution in [0, 0.1) is 5.92 Å². The predicted octanol–water partition coefficient (Wildman–Crippen LogP) is 1.12. The van der Waals surface area contributed by atoms with Crippen LogP contribution in [0.3, 0.4) is 0 Å². The van der Waals surface area contributed by atoms with E-state index in [1.165, 1.54) is 16.2 Å². The molecule has 7 nitrogen and oxygen atoms in total. The van der Waals surface area contributed by atoms with Crippen LogP contribution < -0.4 is 10.2 Å². The Morgan fingerprint density at radius 3 is 2.62 bits per heavy atom. The van der Waals surface area contributed by atoms with Gasteiger partial charge in [-0.05, 0) is 44.6 Å². The SMILES string of the molecule is CCOC(=O)c1c(NC(=O)[C@H](C)[NH+]2CCN(C(C)=O)CC2)sc2c1CC[C@H](C)C2. The third kappa shape index (κ3) is 4.80. The Labute approximate surface area is 176 Å². The molecule has 1 aromatic rings. The van der Waals surface area contributed by atoms with Gasteiger partial charge in [-0.1, -0.05) is 6.92 Å². The molecule has 1 aromatic heterocycles. The van der Waals surface area contributed by atoms with Gasteiger partial charge in [0.2, 0.25) is 5.91 Å². The molecule has 2 heterocycles. The number of esters is 1. The number of fused-ring (bicyclic) bond motifs is 1. The molecule has 0 aromatic carbocycles. The summed E-state index contributed by atoms with van der Waals surface area (Å²) in [7, 11) is 0. The number of ether oxygens (including phenoxy) is 1. The number of quaternary nitrogens is 1. The zero-order valence-electron chi connectivity index (χ0n) is 17.8. The van der Waals surface area contributed by atoms with Gasteiger partial charge in [0, 0.05) is 11.8 Å². The van der Waals surface area contributed by atoms with Gasteiger partial charge in [0.25, 0.3) is 5.91 Å². The normalized spacial score (nSPS) is 20.7. The number of nitrogens with one attached hydrogen (secondary N) is 2. The molecular weight excluding hydrogens is 390 g/mol. The van der Waals surface area contributed by atoms with Crippen LogP contribution in [0.25, 0.3) is 0 Å². The molecule has 0 saturated carbocycles. The second-order valence-electron chi connectivity index (χ2n) is 8.15. The van der Waals surface area contributed by atoms with Gasteiger partial charge in [-0.15, -0.1) is 11.3 Å². The minimum atomic E-state index is -0.343. The number of amides is 2. The third-order valence-corrected chi connectivity index (χ3v) is 7.25. The average molecular weight is 423 g/mol. The van der Waals surface area contributed by atoms with Gasteiger partial charge in [-0.3, -0.25) is 9.59 Å². The first kappa shape index (κ1) is 21.8. The Kier molecular flexibility index (Phi) is 6.95. The van der Waals surface area contributed by atoms with Crippen molar-refractivity contribution in [2.75, 3.05) is 38.1 Å². The van der Waals surface area contributed by atoms with Gasteiger partial charge >= 0.3 is 5.97 Å². The summed E-state index contributed by atoms with van der Waals surface area (Å²) >= 11 is 1.52. The summed E-state index contributed by atoms with van der Waals surface area (Å²) in [6.07, 6.45) is 2.84. The van der Waals surface area contributed by atoms with E-state index in [-0.39, 0.29) is 23.8 Å². The standard InChI is InChI=1S/C21H31N3O4S/c1-5-28-21(27)18-16-7-6-13(2)12-17(16)29-20(18)22-19(26)14(3)23-8-10-24(11-9-23)15(4)25/h13-14H,5-12H2,1-4H3,(H,22,26)/p+1/t13-,14-/m0/s1. The lowest BCUT2D eigenvalue weighted by atomic mass is 9.88. The molecule has 29 heavy (non-hydrogen) atoms. The van der Waals surface area contributed by atoms with Crippen LogP contribution in [0.1, 0.15) is 54.9 Å². The number of nitrogens with zero attached hydrogens (tertiary/aromatic N) is 1. The molecule has 160 valence electrons. The summed E-state index contributed by atoms with van der Waals surface area (Å²) < 4.78 is 5.29. The van der Waals surface area contributed by atoms with Crippen LogP contribution in [0.5, 0.6) is 0 Å². The maximum absolute atomic E-state index is 13.0. The summed E-state index contributed by atoms with van der Waals surface area (Å²) in [6, 6.07) is -0.253. The Balaban J connectivity index is 1.74. The number of thiophene rings is 1. The van der Waals surface area contributed by atoms with E-state index < -0.39 is 0 Å². The molecule has 0 unspecified atom stereocenters. The van der Waals surface area contributed by atoms with Gasteiger partial charge in [0.1, 0.15) is 5.00 Å². The van der Waals surface area contributed by atoms with Crippen LogP contribution >= 0.6 is 11.3 Å². The Morgan fingerprint density at radius 1 is 1.31 bits per heavy atom. The average Bonchev–Trinajstić information content (AvgIpc) is 3.04. The van der Waals surface area contributed by atoms with E-state index in [1.54, 1.807) is 13.8 Å². The highest BCUT2D eigenvalue weighted by Gasteiger charge is 2.33. The summed E-state index contributed by atoms with van der Waals surface area (Å²) in [5, 5.41) is 3.66. The molecule has 1 fully saturated rings. The minimum absolute atomic E-state index is 0.0821. The van der Waals surface area contributed by atoms with Gasteiger partial charge in [0.05, 0.1) is 38.3 Å². The fourth-order valence-corrected chi connectivity index (χ4v) is 5.61. The van der Waals surface area contributed by atoms with Crippen LogP contribution in [0.15, 0.2) is 0 Å². The first-order valence-electron chi connectivity index (χ1n) is 10.5. The maximum Gasteiger partial charge on any atom is 0.341 e. The lowest BCUT2D eigenvalue weighted by Gasteiger charge is -2.34. The molecule has 1 saturated heterocycles. The molecule has 0 bridgehead atoms. The number of rotatable bonds is 5. The van der Waals surface area contributed by atoms with Crippen molar-refractivity contribution in [3.05, 3.63) is 16.0 Å². The van der Waals surface area contributed by atoms with E-state index in [0.29, 0.717) is 36.2 Å². The molecular formula is C21H32N3O4S+. The number of carbonyl (C=O) groups excluding carboxylic acids is 3. The van der Waals surface area contributed by atoms with E-state index in [0.717, 1.165) is 42.8 Å². The Hall–Kier alpha value is -1.93. The predicted molar refractivity (Wildman–Crippen MR) is 113 cm³/mol. The second-order valence-corrected chi connectivity index (χ2v) is 9.26. The largest absolute Gasteiger partial charge is 0.462 e. The number of piperazine rings is 1. The van der Waals surface area contributed by atoms with Gasteiger partial charge < -0.3 is 19.9 Å².